The fraction of sp³-hybridized carbons (Fsp3) is 0.348. The molecule has 14 heteroatoms. The Labute approximate surface area is 228 Å². The summed E-state index contributed by atoms with van der Waals surface area (Å²) < 4.78 is 44.5. The number of carbonyl (C=O) groups is 3. The number of nitrogens with zero attached hydrogens (tertiary/aromatic N) is 2. The Morgan fingerprint density at radius 3 is 2.38 bits per heavy atom. The van der Waals surface area contributed by atoms with Crippen LogP contribution < -0.4 is 10.2 Å². The molecule has 0 radical (unpaired) electrons. The molecule has 7 nitrogen and oxygen atoms in total. The molecule has 2 fully saturated rings. The summed E-state index contributed by atoms with van der Waals surface area (Å²) in [6, 6.07) is 3.40. The zero-order valence-electron chi connectivity index (χ0n) is 18.7. The van der Waals surface area contributed by atoms with Crippen LogP contribution in [0, 0.1) is 17.7 Å². The molecule has 5 rings (SSSR count). The SMILES string of the molecule is CN(C(=O)[C@H]1[C@H]2CC(F)(F)CN2[C@]2(C(=O)Nc3c(Cl)cc(Cl)cc32)[C@H]1C(=O)O)c1cc(Cl)cc(Cl)c1F. The summed E-state index contributed by atoms with van der Waals surface area (Å²) in [7, 11) is 1.14. The maximum Gasteiger partial charge on any atom is 0.310 e. The van der Waals surface area contributed by atoms with Crippen LogP contribution in [-0.2, 0) is 19.9 Å². The Morgan fingerprint density at radius 1 is 1.11 bits per heavy atom. The Kier molecular flexibility index (Phi) is 6.16. The Bertz CT molecular complexity index is 1390. The van der Waals surface area contributed by atoms with Gasteiger partial charge in [0.15, 0.2) is 5.82 Å². The highest BCUT2D eigenvalue weighted by molar-refractivity contribution is 6.38. The van der Waals surface area contributed by atoms with Crippen LogP contribution in [0.4, 0.5) is 24.5 Å². The van der Waals surface area contributed by atoms with E-state index < -0.39 is 70.9 Å². The summed E-state index contributed by atoms with van der Waals surface area (Å²) in [5, 5.41) is 12.5. The van der Waals surface area contributed by atoms with Crippen LogP contribution in [0.5, 0.6) is 0 Å². The highest BCUT2D eigenvalue weighted by Gasteiger charge is 2.74. The van der Waals surface area contributed by atoms with E-state index in [4.69, 9.17) is 46.4 Å². The second-order valence-electron chi connectivity index (χ2n) is 9.25. The van der Waals surface area contributed by atoms with Gasteiger partial charge < -0.3 is 15.3 Å². The van der Waals surface area contributed by atoms with E-state index in [2.05, 4.69) is 5.32 Å². The lowest BCUT2D eigenvalue weighted by Crippen LogP contribution is -2.54. The lowest BCUT2D eigenvalue weighted by Gasteiger charge is -2.36. The Hall–Kier alpha value is -2.24. The number of carboxylic acids is 1. The van der Waals surface area contributed by atoms with Gasteiger partial charge in [-0.1, -0.05) is 46.4 Å². The van der Waals surface area contributed by atoms with E-state index in [1.165, 1.54) is 12.1 Å². The summed E-state index contributed by atoms with van der Waals surface area (Å²) in [5.41, 5.74) is -2.62. The maximum absolute atomic E-state index is 14.8. The van der Waals surface area contributed by atoms with Gasteiger partial charge >= 0.3 is 5.97 Å². The highest BCUT2D eigenvalue weighted by Crippen LogP contribution is 2.61. The van der Waals surface area contributed by atoms with E-state index in [1.54, 1.807) is 0 Å². The molecule has 0 aliphatic carbocycles. The van der Waals surface area contributed by atoms with Crippen LogP contribution in [0.15, 0.2) is 24.3 Å². The molecule has 2 aromatic rings. The van der Waals surface area contributed by atoms with Crippen molar-refractivity contribution in [1.82, 2.24) is 4.90 Å². The molecule has 0 aromatic heterocycles. The van der Waals surface area contributed by atoms with E-state index in [-0.39, 0.29) is 32.0 Å². The summed E-state index contributed by atoms with van der Waals surface area (Å²) in [5.74, 6) is -11.4. The number of alkyl halides is 2. The number of hydrogen-bond donors (Lipinski definition) is 2. The number of carbonyl (C=O) groups excluding carboxylic acids is 2. The first-order valence-corrected chi connectivity index (χ1v) is 12.3. The molecule has 0 unspecified atom stereocenters. The van der Waals surface area contributed by atoms with Crippen molar-refractivity contribution in [2.24, 2.45) is 11.8 Å². The molecular weight excluding hydrogens is 581 g/mol. The average Bonchev–Trinajstić information content (AvgIpc) is 3.36. The topological polar surface area (TPSA) is 90.0 Å². The monoisotopic (exact) mass is 595 g/mol. The van der Waals surface area contributed by atoms with Crippen LogP contribution in [0.1, 0.15) is 12.0 Å². The van der Waals surface area contributed by atoms with E-state index in [0.717, 1.165) is 29.0 Å². The van der Waals surface area contributed by atoms with Gasteiger partial charge in [-0.2, -0.15) is 0 Å². The zero-order valence-corrected chi connectivity index (χ0v) is 21.7. The van der Waals surface area contributed by atoms with Gasteiger partial charge in [0.05, 0.1) is 33.9 Å². The molecule has 2 amide bonds. The number of rotatable bonds is 3. The summed E-state index contributed by atoms with van der Waals surface area (Å²) >= 11 is 24.2. The molecule has 3 aliphatic heterocycles. The number of hydrogen-bond acceptors (Lipinski definition) is 4. The molecule has 2 aromatic carbocycles. The smallest absolute Gasteiger partial charge is 0.310 e. The lowest BCUT2D eigenvalue weighted by atomic mass is 9.73. The van der Waals surface area contributed by atoms with E-state index in [0.29, 0.717) is 0 Å². The molecule has 3 aliphatic rings. The predicted molar refractivity (Wildman–Crippen MR) is 131 cm³/mol. The van der Waals surface area contributed by atoms with Crippen molar-refractivity contribution in [2.45, 2.75) is 23.9 Å². The molecule has 3 heterocycles. The fourth-order valence-corrected chi connectivity index (χ4v) is 6.93. The van der Waals surface area contributed by atoms with Crippen molar-refractivity contribution < 1.29 is 32.7 Å². The molecule has 2 N–H and O–H groups in total. The number of anilines is 2. The van der Waals surface area contributed by atoms with Crippen molar-refractivity contribution in [3.8, 4) is 0 Å². The van der Waals surface area contributed by atoms with Crippen molar-refractivity contribution >= 4 is 75.6 Å². The number of carboxylic acid groups (broad SMARTS) is 1. The Balaban J connectivity index is 1.72. The van der Waals surface area contributed by atoms with Gasteiger partial charge in [0.2, 0.25) is 5.91 Å². The molecule has 2 saturated heterocycles. The standard InChI is InChI=1S/C23H16Cl4F3N3O4/c1-32(13-5-9(25)3-11(26)17(13)28)19(34)15-14-6-22(29,30)7-33(14)23(16(15)20(35)36)10-2-8(24)4-12(27)18(10)31-21(23)37/h2-5,14-16H,6-7H2,1H3,(H,31,37)(H,35,36)/t14-,15+,16-,23+/m1/s1. The van der Waals surface area contributed by atoms with Gasteiger partial charge in [-0.25, -0.2) is 13.2 Å². The van der Waals surface area contributed by atoms with Crippen LogP contribution in [0.2, 0.25) is 20.1 Å². The van der Waals surface area contributed by atoms with Crippen LogP contribution in [0.25, 0.3) is 0 Å². The lowest BCUT2D eigenvalue weighted by molar-refractivity contribution is -0.153. The number of fused-ring (bicyclic) bond motifs is 4. The average molecular weight is 597 g/mol. The normalized spacial score (nSPS) is 27.8. The minimum Gasteiger partial charge on any atom is -0.481 e. The van der Waals surface area contributed by atoms with E-state index in [1.807, 2.05) is 0 Å². The molecule has 196 valence electrons. The molecule has 4 atom stereocenters. The van der Waals surface area contributed by atoms with Gasteiger partial charge in [0.1, 0.15) is 11.5 Å². The first kappa shape index (κ1) is 26.4. The summed E-state index contributed by atoms with van der Waals surface area (Å²) in [6.07, 6.45) is -0.904. The Morgan fingerprint density at radius 2 is 1.73 bits per heavy atom. The fourth-order valence-electron chi connectivity index (χ4n) is 5.91. The van der Waals surface area contributed by atoms with Gasteiger partial charge in [0, 0.05) is 35.1 Å². The third-order valence-corrected chi connectivity index (χ3v) is 8.26. The largest absolute Gasteiger partial charge is 0.481 e. The van der Waals surface area contributed by atoms with Crippen molar-refractivity contribution in [3.05, 3.63) is 55.7 Å². The number of halogens is 7. The summed E-state index contributed by atoms with van der Waals surface area (Å²) in [6.45, 7) is -0.997. The number of nitrogens with one attached hydrogen (secondary N) is 1. The van der Waals surface area contributed by atoms with Crippen LogP contribution in [0.3, 0.4) is 0 Å². The second kappa shape index (κ2) is 8.64. The van der Waals surface area contributed by atoms with Crippen molar-refractivity contribution in [1.29, 1.82) is 0 Å². The molecule has 1 spiro atoms. The van der Waals surface area contributed by atoms with E-state index in [9.17, 15) is 32.7 Å². The minimum atomic E-state index is -3.35. The number of benzene rings is 2. The molecule has 0 bridgehead atoms. The van der Waals surface area contributed by atoms with Crippen molar-refractivity contribution in [2.75, 3.05) is 23.8 Å². The maximum atomic E-state index is 14.8. The number of aliphatic carboxylic acids is 1. The molecule has 37 heavy (non-hydrogen) atoms. The first-order chi connectivity index (χ1) is 17.2. The third-order valence-electron chi connectivity index (χ3n) is 7.25. The molecular formula is C23H16Cl4F3N3O4. The van der Waals surface area contributed by atoms with Gasteiger partial charge in [-0.05, 0) is 24.3 Å². The van der Waals surface area contributed by atoms with Gasteiger partial charge in [-0.3, -0.25) is 19.3 Å². The van der Waals surface area contributed by atoms with Gasteiger partial charge in [-0.15, -0.1) is 0 Å². The third kappa shape index (κ3) is 3.71. The van der Waals surface area contributed by atoms with Crippen LogP contribution >= 0.6 is 46.4 Å². The summed E-state index contributed by atoms with van der Waals surface area (Å²) in [4.78, 5) is 42.0. The van der Waals surface area contributed by atoms with Crippen molar-refractivity contribution in [3.63, 3.8) is 0 Å². The quantitative estimate of drug-likeness (QED) is 0.470. The molecule has 0 saturated carbocycles. The number of amides is 2. The van der Waals surface area contributed by atoms with E-state index >= 15 is 0 Å². The first-order valence-electron chi connectivity index (χ1n) is 10.8. The second-order valence-corrected chi connectivity index (χ2v) is 10.9. The predicted octanol–water partition coefficient (Wildman–Crippen LogP) is 5.29. The van der Waals surface area contributed by atoms with Gasteiger partial charge in [0.25, 0.3) is 11.8 Å². The zero-order chi connectivity index (χ0) is 27.2. The van der Waals surface area contributed by atoms with Crippen LogP contribution in [-0.4, -0.2) is 53.3 Å². The highest BCUT2D eigenvalue weighted by atomic mass is 35.5. The minimum absolute atomic E-state index is 0.0128.